The summed E-state index contributed by atoms with van der Waals surface area (Å²) in [6, 6.07) is 5.40. The first kappa shape index (κ1) is 35.0. The van der Waals surface area contributed by atoms with Crippen LogP contribution in [0.5, 0.6) is 5.75 Å². The first-order chi connectivity index (χ1) is 19.2. The van der Waals surface area contributed by atoms with Crippen LogP contribution in [0.4, 0.5) is 11.5 Å². The molecule has 4 rings (SSSR count). The minimum Gasteiger partial charge on any atom is -0.496 e. The highest BCUT2D eigenvalue weighted by Crippen LogP contribution is 2.29. The smallest absolute Gasteiger partial charge is 0.157 e. The number of nitrogens with one attached hydrogen (secondary N) is 1. The van der Waals surface area contributed by atoms with Gasteiger partial charge in [0.05, 0.1) is 12.9 Å². The number of aliphatic imine (C=N–C) groups is 1. The zero-order valence-corrected chi connectivity index (χ0v) is 26.5. The Kier molecular flexibility index (Phi) is 16.8. The van der Waals surface area contributed by atoms with Crippen molar-refractivity contribution in [2.45, 2.75) is 112 Å². The first-order valence-electron chi connectivity index (χ1n) is 15.0. The molecule has 3 N–H and O–H groups in total. The molecule has 2 atom stereocenters. The average Bonchev–Trinajstić information content (AvgIpc) is 3.28. The van der Waals surface area contributed by atoms with Gasteiger partial charge in [-0.05, 0) is 64.5 Å². The van der Waals surface area contributed by atoms with Crippen LogP contribution in [0.1, 0.15) is 97.4 Å². The van der Waals surface area contributed by atoms with Gasteiger partial charge in [0.15, 0.2) is 5.82 Å². The number of rotatable bonds is 8. The molecule has 2 fully saturated rings. The SMILES string of the molecule is CC.CCCC(C)=O.CCCc1c(N2CC3CCC(C2)N3)ccnc1C.CCc1cnc(N=C(C)N)cc1OC. The molecule has 0 spiro atoms. The summed E-state index contributed by atoms with van der Waals surface area (Å²) in [5.41, 5.74) is 10.6. The number of piperazine rings is 1. The molecule has 2 aromatic heterocycles. The number of fused-ring (bicyclic) bond motifs is 2. The molecule has 2 aliphatic rings. The average molecular weight is 555 g/mol. The number of carbonyl (C=O) groups excluding carboxylic acids is 1. The molecule has 0 aliphatic carbocycles. The summed E-state index contributed by atoms with van der Waals surface area (Å²) >= 11 is 0. The van der Waals surface area contributed by atoms with Crippen LogP contribution < -0.4 is 20.7 Å². The van der Waals surface area contributed by atoms with Gasteiger partial charge in [-0.25, -0.2) is 9.98 Å². The lowest BCUT2D eigenvalue weighted by atomic mass is 10.0. The van der Waals surface area contributed by atoms with E-state index in [9.17, 15) is 4.79 Å². The number of ketones is 1. The van der Waals surface area contributed by atoms with Crippen LogP contribution in [0.3, 0.4) is 0 Å². The van der Waals surface area contributed by atoms with Crippen molar-refractivity contribution in [2.24, 2.45) is 10.7 Å². The second-order valence-corrected chi connectivity index (χ2v) is 10.1. The first-order valence-corrected chi connectivity index (χ1v) is 15.0. The highest BCUT2D eigenvalue weighted by atomic mass is 16.5. The largest absolute Gasteiger partial charge is 0.496 e. The quantitative estimate of drug-likeness (QED) is 0.289. The third kappa shape index (κ3) is 11.6. The topological polar surface area (TPSA) is 106 Å². The Bertz CT molecular complexity index is 1040. The highest BCUT2D eigenvalue weighted by Gasteiger charge is 2.32. The van der Waals surface area contributed by atoms with Gasteiger partial charge >= 0.3 is 0 Å². The Hall–Kier alpha value is -3.00. The Balaban J connectivity index is 0.000000324. The molecule has 40 heavy (non-hydrogen) atoms. The fraction of sp³-hybridized carbons (Fsp3) is 0.625. The van der Waals surface area contributed by atoms with Crippen molar-refractivity contribution < 1.29 is 9.53 Å². The van der Waals surface area contributed by atoms with E-state index in [2.05, 4.69) is 52.0 Å². The molecule has 0 radical (unpaired) electrons. The van der Waals surface area contributed by atoms with Crippen molar-refractivity contribution in [3.63, 3.8) is 0 Å². The monoisotopic (exact) mass is 554 g/mol. The molecular weight excluding hydrogens is 500 g/mol. The van der Waals surface area contributed by atoms with Gasteiger partial charge in [0.25, 0.3) is 0 Å². The van der Waals surface area contributed by atoms with E-state index in [0.717, 1.165) is 50.1 Å². The van der Waals surface area contributed by atoms with Crippen LogP contribution in [0, 0.1) is 6.92 Å². The van der Waals surface area contributed by atoms with Crippen LogP contribution in [0.15, 0.2) is 29.5 Å². The van der Waals surface area contributed by atoms with E-state index < -0.39 is 0 Å². The molecule has 8 heteroatoms. The summed E-state index contributed by atoms with van der Waals surface area (Å²) in [6.45, 7) is 18.1. The molecule has 2 aliphatic heterocycles. The number of aromatic nitrogens is 2. The lowest BCUT2D eigenvalue weighted by Gasteiger charge is -2.36. The Labute approximate surface area is 243 Å². The van der Waals surface area contributed by atoms with Crippen molar-refractivity contribution in [3.8, 4) is 5.75 Å². The second kappa shape index (κ2) is 19.1. The molecular formula is C32H54N6O2. The summed E-state index contributed by atoms with van der Waals surface area (Å²) in [6.07, 6.45) is 11.4. The number of hydrogen-bond acceptors (Lipinski definition) is 7. The number of ether oxygens (including phenoxy) is 1. The zero-order chi connectivity index (χ0) is 30.1. The Morgan fingerprint density at radius 2 is 1.77 bits per heavy atom. The molecule has 224 valence electrons. The van der Waals surface area contributed by atoms with E-state index in [-0.39, 0.29) is 5.78 Å². The zero-order valence-electron chi connectivity index (χ0n) is 26.5. The van der Waals surface area contributed by atoms with Crippen molar-refractivity contribution in [2.75, 3.05) is 25.1 Å². The lowest BCUT2D eigenvalue weighted by Crippen LogP contribution is -2.51. The van der Waals surface area contributed by atoms with E-state index in [4.69, 9.17) is 10.5 Å². The molecule has 8 nitrogen and oxygen atoms in total. The van der Waals surface area contributed by atoms with Gasteiger partial charge < -0.3 is 25.5 Å². The van der Waals surface area contributed by atoms with E-state index in [1.807, 2.05) is 27.0 Å². The number of methoxy groups -OCH3 is 1. The van der Waals surface area contributed by atoms with Crippen molar-refractivity contribution in [1.29, 1.82) is 0 Å². The van der Waals surface area contributed by atoms with Gasteiger partial charge in [-0.15, -0.1) is 0 Å². The number of pyridine rings is 2. The van der Waals surface area contributed by atoms with Crippen LogP contribution in [-0.4, -0.2) is 53.9 Å². The molecule has 0 aromatic carbocycles. The molecule has 2 unspecified atom stereocenters. The molecule has 2 saturated heterocycles. The van der Waals surface area contributed by atoms with Gasteiger partial charge in [-0.3, -0.25) is 4.98 Å². The van der Waals surface area contributed by atoms with Gasteiger partial charge in [-0.2, -0.15) is 0 Å². The summed E-state index contributed by atoms with van der Waals surface area (Å²) < 4.78 is 5.21. The van der Waals surface area contributed by atoms with Crippen LogP contribution >= 0.6 is 0 Å². The number of carbonyl (C=O) groups is 1. The van der Waals surface area contributed by atoms with E-state index >= 15 is 0 Å². The van der Waals surface area contributed by atoms with Crippen molar-refractivity contribution in [1.82, 2.24) is 15.3 Å². The van der Waals surface area contributed by atoms with E-state index in [1.54, 1.807) is 33.2 Å². The minimum absolute atomic E-state index is 0.289. The predicted molar refractivity (Wildman–Crippen MR) is 169 cm³/mol. The third-order valence-electron chi connectivity index (χ3n) is 6.73. The second-order valence-electron chi connectivity index (χ2n) is 10.1. The molecule has 0 saturated carbocycles. The fourth-order valence-corrected chi connectivity index (χ4v) is 4.94. The molecule has 2 bridgehead atoms. The fourth-order valence-electron chi connectivity index (χ4n) is 4.94. The molecule has 4 heterocycles. The van der Waals surface area contributed by atoms with E-state index in [0.29, 0.717) is 23.7 Å². The number of hydrogen-bond donors (Lipinski definition) is 2. The van der Waals surface area contributed by atoms with Crippen LogP contribution in [0.25, 0.3) is 0 Å². The number of amidine groups is 1. The van der Waals surface area contributed by atoms with Gasteiger partial charge in [0, 0.05) is 67.0 Å². The predicted octanol–water partition coefficient (Wildman–Crippen LogP) is 6.35. The number of nitrogens with zero attached hydrogens (tertiary/aromatic N) is 4. The van der Waals surface area contributed by atoms with Gasteiger partial charge in [-0.1, -0.05) is 41.0 Å². The number of Topliss-reactive ketones (excluding diaryl/α,β-unsaturated/α-hetero) is 1. The Morgan fingerprint density at radius 3 is 2.25 bits per heavy atom. The number of aryl methyl sites for hydroxylation is 2. The van der Waals surface area contributed by atoms with Crippen LogP contribution in [-0.2, 0) is 17.6 Å². The maximum atomic E-state index is 10.0. The van der Waals surface area contributed by atoms with Gasteiger partial charge in [0.2, 0.25) is 0 Å². The maximum absolute atomic E-state index is 10.0. The number of anilines is 1. The minimum atomic E-state index is 0.289. The standard InChI is InChI=1S/C15H23N3.C10H15N3O.C5H10O.C2H6/c1-3-4-14-11(2)16-8-7-15(14)18-9-12-5-6-13(10-18)17-12;1-4-8-6-12-10(13-7(2)11)5-9(8)14-3;1-3-4-5(2)6;1-2/h7-8,12-13,17H,3-6,9-10H2,1-2H3;5-6H,4H2,1-3H3,(H2,11,12,13);3-4H2,1-2H3;1-2H3. The van der Waals surface area contributed by atoms with Crippen LogP contribution in [0.2, 0.25) is 0 Å². The summed E-state index contributed by atoms with van der Waals surface area (Å²) in [5, 5.41) is 3.70. The lowest BCUT2D eigenvalue weighted by molar-refractivity contribution is -0.117. The third-order valence-corrected chi connectivity index (χ3v) is 6.73. The van der Waals surface area contributed by atoms with Gasteiger partial charge in [0.1, 0.15) is 11.5 Å². The normalized spacial score (nSPS) is 17.4. The summed E-state index contributed by atoms with van der Waals surface area (Å²) in [4.78, 5) is 25.3. The molecule has 0 amide bonds. The Morgan fingerprint density at radius 1 is 1.12 bits per heavy atom. The summed E-state index contributed by atoms with van der Waals surface area (Å²) in [5.74, 6) is 2.17. The number of nitrogens with two attached hydrogens (primary N) is 1. The van der Waals surface area contributed by atoms with Crippen molar-refractivity contribution in [3.05, 3.63) is 41.3 Å². The summed E-state index contributed by atoms with van der Waals surface area (Å²) in [7, 11) is 1.64. The molecule has 2 aromatic rings. The van der Waals surface area contributed by atoms with Crippen molar-refractivity contribution >= 4 is 23.1 Å². The highest BCUT2D eigenvalue weighted by molar-refractivity contribution is 5.80. The maximum Gasteiger partial charge on any atom is 0.157 e. The van der Waals surface area contributed by atoms with E-state index in [1.165, 1.54) is 36.2 Å².